The Morgan fingerprint density at radius 3 is 2.35 bits per heavy atom. The van der Waals surface area contributed by atoms with Crippen molar-refractivity contribution in [2.45, 2.75) is 11.5 Å². The zero-order valence-corrected chi connectivity index (χ0v) is 21.1. The Morgan fingerprint density at radius 2 is 1.71 bits per heavy atom. The van der Waals surface area contributed by atoms with Gasteiger partial charge in [0, 0.05) is 0 Å². The summed E-state index contributed by atoms with van der Waals surface area (Å²) in [5.41, 5.74) is 6.86. The van der Waals surface area contributed by atoms with Crippen LogP contribution in [-0.2, 0) is 0 Å². The van der Waals surface area contributed by atoms with Crippen LogP contribution < -0.4 is 9.30 Å². The molecule has 0 fully saturated rings. The first-order valence-electron chi connectivity index (χ1n) is 10.5. The fourth-order valence-corrected chi connectivity index (χ4v) is 11.0. The Bertz CT molecular complexity index is 1230. The number of allylic oxidation sites excluding steroid dienone is 5. The van der Waals surface area contributed by atoms with E-state index in [0.29, 0.717) is 5.56 Å². The van der Waals surface area contributed by atoms with Gasteiger partial charge in [-0.2, -0.15) is 0 Å². The van der Waals surface area contributed by atoms with Crippen LogP contribution in [0.2, 0.25) is 11.5 Å². The molecular weight excluding hydrogens is 445 g/mol. The Hall–Kier alpha value is -2.86. The number of nitrogens with zero attached hydrogens (tertiary/aromatic N) is 2. The van der Waals surface area contributed by atoms with Gasteiger partial charge < -0.3 is 0 Å². The van der Waals surface area contributed by atoms with Crippen LogP contribution in [0.3, 0.4) is 0 Å². The number of fused-ring (bicyclic) bond motifs is 2. The van der Waals surface area contributed by atoms with E-state index >= 15 is 0 Å². The Labute approximate surface area is 186 Å². The summed E-state index contributed by atoms with van der Waals surface area (Å²) in [6, 6.07) is 14.0. The van der Waals surface area contributed by atoms with E-state index in [-0.39, 0.29) is 0 Å². The van der Waals surface area contributed by atoms with Crippen molar-refractivity contribution in [3.8, 4) is 0 Å². The number of hydrogen-bond acceptors (Lipinski definition) is 2. The van der Waals surface area contributed by atoms with Crippen LogP contribution in [0.25, 0.3) is 5.57 Å². The zero-order chi connectivity index (χ0) is 22.5. The van der Waals surface area contributed by atoms with Crippen molar-refractivity contribution in [1.29, 1.82) is 0 Å². The van der Waals surface area contributed by atoms with Crippen molar-refractivity contribution in [3.63, 3.8) is 0 Å². The molecule has 5 heteroatoms. The molecule has 0 amide bonds. The molecule has 4 nitrogen and oxygen atoms in total. The number of carboxylic acid groups (broad SMARTS) is 1. The molecule has 0 aromatic heterocycles. The summed E-state index contributed by atoms with van der Waals surface area (Å²) < 4.78 is 4.92. The first kappa shape index (κ1) is 21.4. The third-order valence-corrected chi connectivity index (χ3v) is 13.7. The molecule has 0 saturated heterocycles. The topological polar surface area (TPSA) is 43.5 Å². The average molecular weight is 474 g/mol. The number of rotatable bonds is 3. The average Bonchev–Trinajstić information content (AvgIpc) is 2.73. The van der Waals surface area contributed by atoms with E-state index in [0.717, 1.165) is 11.1 Å². The molecule has 0 atom stereocenters. The fourth-order valence-electron chi connectivity index (χ4n) is 4.56. The van der Waals surface area contributed by atoms with Gasteiger partial charge in [-0.3, -0.25) is 0 Å². The second-order valence-electron chi connectivity index (χ2n) is 9.10. The monoisotopic (exact) mass is 475 g/mol. The van der Waals surface area contributed by atoms with E-state index in [9.17, 15) is 9.90 Å². The molecule has 0 bridgehead atoms. The van der Waals surface area contributed by atoms with E-state index in [2.05, 4.69) is 85.6 Å². The van der Waals surface area contributed by atoms with Crippen LogP contribution in [0.15, 0.2) is 70.7 Å². The number of aromatic carboxylic acids is 1. The van der Waals surface area contributed by atoms with Crippen molar-refractivity contribution < 1.29 is 14.5 Å². The van der Waals surface area contributed by atoms with Gasteiger partial charge >= 0.3 is 187 Å². The normalized spacial score (nSPS) is 16.5. The Kier molecular flexibility index (Phi) is 5.30. The molecule has 31 heavy (non-hydrogen) atoms. The minimum atomic E-state index is -2.66. The number of hydrogen-bond donors (Lipinski definition) is 1. The van der Waals surface area contributed by atoms with Gasteiger partial charge in [0.15, 0.2) is 0 Å². The third-order valence-electron chi connectivity index (χ3n) is 6.35. The van der Waals surface area contributed by atoms with E-state index in [4.69, 9.17) is 0 Å². The summed E-state index contributed by atoms with van der Waals surface area (Å²) in [4.78, 5) is 14.2. The van der Waals surface area contributed by atoms with Crippen molar-refractivity contribution in [1.82, 2.24) is 0 Å². The molecular formula is C26H29GeN2O2+. The predicted octanol–water partition coefficient (Wildman–Crippen LogP) is 3.93. The standard InChI is InChI=1S/C26H28GeN2O2/c1-27(2)23-15-17(28(3)4)11-13-21(23)25(19-9-7-8-10-20(19)26(30)31)22-14-12-18(29(5)6)16-24(22)27/h7-16H,1-6H3/p+1. The molecule has 1 N–H and O–H groups in total. The summed E-state index contributed by atoms with van der Waals surface area (Å²) >= 11 is -2.66. The molecule has 0 spiro atoms. The SMILES string of the molecule is CN(C)c1ccc2[c](c1)[Ge]([CH3])([CH3])[C]1=CC(=[N+](C)C)C=CC1=C2c1ccccc1C(=O)O. The maximum absolute atomic E-state index is 12.1. The molecule has 0 unspecified atom stereocenters. The van der Waals surface area contributed by atoms with Gasteiger partial charge in [0.25, 0.3) is 0 Å². The molecule has 2 aliphatic rings. The van der Waals surface area contributed by atoms with Crippen molar-refractivity contribution in [3.05, 3.63) is 87.4 Å². The quantitative estimate of drug-likeness (QED) is 0.542. The Morgan fingerprint density at radius 1 is 1.00 bits per heavy atom. The van der Waals surface area contributed by atoms with Gasteiger partial charge in [0.2, 0.25) is 0 Å². The second kappa shape index (κ2) is 7.68. The van der Waals surface area contributed by atoms with E-state index in [1.807, 2.05) is 12.1 Å². The van der Waals surface area contributed by atoms with E-state index in [1.165, 1.54) is 31.3 Å². The van der Waals surface area contributed by atoms with Gasteiger partial charge in [-0.05, 0) is 0 Å². The van der Waals surface area contributed by atoms with Gasteiger partial charge in [-0.1, -0.05) is 0 Å². The Balaban J connectivity index is 2.13. The van der Waals surface area contributed by atoms with Crippen molar-refractivity contribution in [2.24, 2.45) is 0 Å². The number of anilines is 1. The number of carbonyl (C=O) groups is 1. The van der Waals surface area contributed by atoms with Crippen LogP contribution >= 0.6 is 0 Å². The molecule has 2 aromatic carbocycles. The minimum absolute atomic E-state index is 0.343. The molecule has 1 aliphatic heterocycles. The van der Waals surface area contributed by atoms with Crippen LogP contribution in [0.1, 0.15) is 21.5 Å². The molecule has 158 valence electrons. The predicted molar refractivity (Wildman–Crippen MR) is 132 cm³/mol. The number of benzene rings is 2. The summed E-state index contributed by atoms with van der Waals surface area (Å²) in [5.74, 6) is 3.99. The first-order chi connectivity index (χ1) is 14.6. The summed E-state index contributed by atoms with van der Waals surface area (Å²) in [6.07, 6.45) is 6.65. The molecule has 1 aliphatic carbocycles. The summed E-state index contributed by atoms with van der Waals surface area (Å²) in [6.45, 7) is 0. The molecule has 1 heterocycles. The molecule has 4 rings (SSSR count). The molecule has 2 aromatic rings. The first-order valence-corrected chi connectivity index (χ1v) is 16.8. The van der Waals surface area contributed by atoms with Gasteiger partial charge in [0.1, 0.15) is 0 Å². The zero-order valence-electron chi connectivity index (χ0n) is 19.0. The van der Waals surface area contributed by atoms with Gasteiger partial charge in [0.05, 0.1) is 0 Å². The maximum atomic E-state index is 12.1. The van der Waals surface area contributed by atoms with Crippen LogP contribution in [0, 0.1) is 0 Å². The number of carboxylic acids is 1. The van der Waals surface area contributed by atoms with Crippen LogP contribution in [0.5, 0.6) is 0 Å². The second-order valence-corrected chi connectivity index (χ2v) is 18.2. The van der Waals surface area contributed by atoms with Crippen molar-refractivity contribution in [2.75, 3.05) is 33.1 Å². The molecule has 0 saturated carbocycles. The van der Waals surface area contributed by atoms with E-state index in [1.54, 1.807) is 12.1 Å². The third kappa shape index (κ3) is 3.49. The van der Waals surface area contributed by atoms with Gasteiger partial charge in [-0.15, -0.1) is 0 Å². The fraction of sp³-hybridized carbons (Fsp3) is 0.231. The van der Waals surface area contributed by atoms with E-state index < -0.39 is 19.2 Å². The van der Waals surface area contributed by atoms with Crippen LogP contribution in [-0.4, -0.2) is 62.8 Å². The summed E-state index contributed by atoms with van der Waals surface area (Å²) in [7, 11) is 8.25. The van der Waals surface area contributed by atoms with Crippen LogP contribution in [0.4, 0.5) is 5.69 Å². The van der Waals surface area contributed by atoms with Crippen molar-refractivity contribution >= 4 is 40.6 Å². The summed E-state index contributed by atoms with van der Waals surface area (Å²) in [5, 5.41) is 9.91. The van der Waals surface area contributed by atoms with Gasteiger partial charge in [-0.25, -0.2) is 0 Å². The molecule has 0 radical (unpaired) electrons.